The van der Waals surface area contributed by atoms with Crippen molar-refractivity contribution in [3.63, 3.8) is 0 Å². The number of carboxylic acid groups (broad SMARTS) is 1. The van der Waals surface area contributed by atoms with Crippen LogP contribution < -0.4 is 11.1 Å². The average Bonchev–Trinajstić information content (AvgIpc) is 2.45. The van der Waals surface area contributed by atoms with E-state index in [2.05, 4.69) is 4.98 Å². The molecule has 7 nitrogen and oxygen atoms in total. The van der Waals surface area contributed by atoms with Crippen molar-refractivity contribution in [2.75, 3.05) is 13.7 Å². The maximum Gasteiger partial charge on any atom is 0.337 e. The van der Waals surface area contributed by atoms with E-state index in [4.69, 9.17) is 4.74 Å². The van der Waals surface area contributed by atoms with Crippen LogP contribution in [0.4, 0.5) is 0 Å². The molecule has 1 heterocycles. The number of fused-ring (bicyclic) bond motifs is 1. The number of hydrogen-bond donors (Lipinski definition) is 2. The third-order valence-corrected chi connectivity index (χ3v) is 3.35. The van der Waals surface area contributed by atoms with Crippen LogP contribution in [0.1, 0.15) is 29.7 Å². The number of carbonyl (C=O) groups is 1. The summed E-state index contributed by atoms with van der Waals surface area (Å²) in [6.45, 7) is 2.15. The summed E-state index contributed by atoms with van der Waals surface area (Å²) in [7, 11) is 1.54. The Morgan fingerprint density at radius 3 is 2.76 bits per heavy atom. The van der Waals surface area contributed by atoms with Crippen LogP contribution in [0.2, 0.25) is 0 Å². The standard InChI is InChI=1S/C14H16N2O5/c1-8(6-7-21-2)16-11-9(14(19)20)4-3-5-10(11)15-12(17)13(16)18/h3-5,8H,6-7H2,1-2H3,(H,15,17)(H,19,20). The summed E-state index contributed by atoms with van der Waals surface area (Å²) in [6.07, 6.45) is 0.489. The van der Waals surface area contributed by atoms with Gasteiger partial charge in [-0.3, -0.25) is 14.2 Å². The summed E-state index contributed by atoms with van der Waals surface area (Å²) in [4.78, 5) is 37.7. The van der Waals surface area contributed by atoms with E-state index in [1.54, 1.807) is 13.0 Å². The first kappa shape index (κ1) is 15.0. The molecule has 1 unspecified atom stereocenters. The molecule has 2 rings (SSSR count). The molecule has 7 heteroatoms. The number of rotatable bonds is 5. The summed E-state index contributed by atoms with van der Waals surface area (Å²) in [6, 6.07) is 4.14. The molecule has 2 N–H and O–H groups in total. The third kappa shape index (κ3) is 2.73. The Morgan fingerprint density at radius 2 is 2.14 bits per heavy atom. The van der Waals surface area contributed by atoms with Gasteiger partial charge in [-0.25, -0.2) is 4.79 Å². The van der Waals surface area contributed by atoms with Crippen LogP contribution in [-0.4, -0.2) is 34.3 Å². The maximum absolute atomic E-state index is 12.1. The minimum atomic E-state index is -1.15. The molecule has 0 aliphatic heterocycles. The largest absolute Gasteiger partial charge is 0.478 e. The number of ether oxygens (including phenoxy) is 1. The highest BCUT2D eigenvalue weighted by atomic mass is 16.5. The van der Waals surface area contributed by atoms with E-state index in [9.17, 15) is 19.5 Å². The van der Waals surface area contributed by atoms with E-state index in [-0.39, 0.29) is 17.1 Å². The predicted molar refractivity (Wildman–Crippen MR) is 77.0 cm³/mol. The minimum Gasteiger partial charge on any atom is -0.478 e. The lowest BCUT2D eigenvalue weighted by atomic mass is 10.1. The number of hydrogen-bond acceptors (Lipinski definition) is 4. The Morgan fingerprint density at radius 1 is 1.43 bits per heavy atom. The van der Waals surface area contributed by atoms with Crippen LogP contribution in [0.5, 0.6) is 0 Å². The Kier molecular flexibility index (Phi) is 4.23. The zero-order valence-electron chi connectivity index (χ0n) is 11.8. The molecular formula is C14H16N2O5. The number of carboxylic acids is 1. The van der Waals surface area contributed by atoms with Crippen LogP contribution in [0.25, 0.3) is 11.0 Å². The monoisotopic (exact) mass is 292 g/mol. The molecule has 0 radical (unpaired) electrons. The molecule has 1 atom stereocenters. The van der Waals surface area contributed by atoms with Gasteiger partial charge in [0.05, 0.1) is 16.6 Å². The van der Waals surface area contributed by atoms with Gasteiger partial charge in [-0.1, -0.05) is 6.07 Å². The molecule has 0 aliphatic rings. The zero-order chi connectivity index (χ0) is 15.6. The number of nitrogens with zero attached hydrogens (tertiary/aromatic N) is 1. The summed E-state index contributed by atoms with van der Waals surface area (Å²) < 4.78 is 6.21. The van der Waals surface area contributed by atoms with Crippen LogP contribution in [-0.2, 0) is 4.74 Å². The van der Waals surface area contributed by atoms with Crippen molar-refractivity contribution < 1.29 is 14.6 Å². The van der Waals surface area contributed by atoms with Gasteiger partial charge in [-0.2, -0.15) is 0 Å². The molecule has 0 bridgehead atoms. The second kappa shape index (κ2) is 5.92. The first-order valence-corrected chi connectivity index (χ1v) is 6.47. The SMILES string of the molecule is COCCC(C)n1c(=O)c(=O)[nH]c2cccc(C(=O)O)c21. The van der Waals surface area contributed by atoms with Gasteiger partial charge >= 0.3 is 17.1 Å². The number of H-pyrrole nitrogens is 1. The second-order valence-corrected chi connectivity index (χ2v) is 4.77. The number of nitrogens with one attached hydrogen (secondary N) is 1. The van der Waals surface area contributed by atoms with Crippen molar-refractivity contribution in [1.82, 2.24) is 9.55 Å². The fraction of sp³-hybridized carbons (Fsp3) is 0.357. The molecule has 0 spiro atoms. The van der Waals surface area contributed by atoms with Crippen molar-refractivity contribution in [3.05, 3.63) is 44.5 Å². The zero-order valence-corrected chi connectivity index (χ0v) is 11.8. The number of methoxy groups -OCH3 is 1. The maximum atomic E-state index is 12.1. The van der Waals surface area contributed by atoms with Gasteiger partial charge in [0.25, 0.3) is 0 Å². The van der Waals surface area contributed by atoms with E-state index < -0.39 is 17.1 Å². The molecule has 0 aliphatic carbocycles. The topological polar surface area (TPSA) is 101 Å². The van der Waals surface area contributed by atoms with Gasteiger partial charge in [0.2, 0.25) is 0 Å². The Balaban J connectivity index is 2.82. The minimum absolute atomic E-state index is 0.0230. The molecule has 0 saturated carbocycles. The van der Waals surface area contributed by atoms with Crippen LogP contribution >= 0.6 is 0 Å². The van der Waals surface area contributed by atoms with E-state index in [0.29, 0.717) is 18.5 Å². The number of para-hydroxylation sites is 1. The van der Waals surface area contributed by atoms with Gasteiger partial charge in [-0.15, -0.1) is 0 Å². The molecule has 21 heavy (non-hydrogen) atoms. The highest BCUT2D eigenvalue weighted by Crippen LogP contribution is 2.19. The summed E-state index contributed by atoms with van der Waals surface area (Å²) in [5.41, 5.74) is -1.01. The van der Waals surface area contributed by atoms with Crippen LogP contribution in [0, 0.1) is 0 Å². The summed E-state index contributed by atoms with van der Waals surface area (Å²) >= 11 is 0. The number of benzene rings is 1. The molecule has 0 saturated heterocycles. The van der Waals surface area contributed by atoms with E-state index >= 15 is 0 Å². The second-order valence-electron chi connectivity index (χ2n) is 4.77. The summed E-state index contributed by atoms with van der Waals surface area (Å²) in [5, 5.41) is 9.29. The van der Waals surface area contributed by atoms with Crippen LogP contribution in [0.3, 0.4) is 0 Å². The molecule has 1 aromatic carbocycles. The van der Waals surface area contributed by atoms with Gasteiger partial charge < -0.3 is 14.8 Å². The molecule has 0 amide bonds. The molecule has 0 fully saturated rings. The lowest BCUT2D eigenvalue weighted by molar-refractivity contribution is 0.0698. The number of aromatic nitrogens is 2. The lowest BCUT2D eigenvalue weighted by Crippen LogP contribution is -2.38. The van der Waals surface area contributed by atoms with E-state index in [1.807, 2.05) is 0 Å². The van der Waals surface area contributed by atoms with Gasteiger partial charge in [0, 0.05) is 19.8 Å². The van der Waals surface area contributed by atoms with Crippen molar-refractivity contribution in [3.8, 4) is 0 Å². The summed E-state index contributed by atoms with van der Waals surface area (Å²) in [5.74, 6) is -1.15. The molecule has 112 valence electrons. The van der Waals surface area contributed by atoms with E-state index in [1.165, 1.54) is 23.8 Å². The highest BCUT2D eigenvalue weighted by molar-refractivity contribution is 6.00. The van der Waals surface area contributed by atoms with Crippen LogP contribution in [0.15, 0.2) is 27.8 Å². The van der Waals surface area contributed by atoms with Gasteiger partial charge in [-0.05, 0) is 25.5 Å². The van der Waals surface area contributed by atoms with E-state index in [0.717, 1.165) is 0 Å². The lowest BCUT2D eigenvalue weighted by Gasteiger charge is -2.18. The first-order valence-electron chi connectivity index (χ1n) is 6.47. The fourth-order valence-corrected chi connectivity index (χ4v) is 2.30. The highest BCUT2D eigenvalue weighted by Gasteiger charge is 2.18. The Bertz CT molecular complexity index is 790. The quantitative estimate of drug-likeness (QED) is 0.800. The number of aromatic carboxylic acids is 1. The molecule has 2 aromatic rings. The van der Waals surface area contributed by atoms with Crippen molar-refractivity contribution in [2.45, 2.75) is 19.4 Å². The van der Waals surface area contributed by atoms with Crippen molar-refractivity contribution in [1.29, 1.82) is 0 Å². The average molecular weight is 292 g/mol. The Hall–Kier alpha value is -2.41. The predicted octanol–water partition coefficient (Wildman–Crippen LogP) is 0.986. The van der Waals surface area contributed by atoms with Crippen molar-refractivity contribution >= 4 is 17.0 Å². The van der Waals surface area contributed by atoms with Crippen molar-refractivity contribution in [2.24, 2.45) is 0 Å². The smallest absolute Gasteiger partial charge is 0.337 e. The Labute approximate surface area is 119 Å². The number of aromatic amines is 1. The fourth-order valence-electron chi connectivity index (χ4n) is 2.30. The third-order valence-electron chi connectivity index (χ3n) is 3.35. The normalized spacial score (nSPS) is 12.5. The van der Waals surface area contributed by atoms with Gasteiger partial charge in [0.15, 0.2) is 0 Å². The molecule has 1 aromatic heterocycles. The molecular weight excluding hydrogens is 276 g/mol. The first-order chi connectivity index (χ1) is 9.97. The van der Waals surface area contributed by atoms with Gasteiger partial charge in [0.1, 0.15) is 0 Å².